The molecule has 332 valence electrons. The number of nitrogens with zero attached hydrogens (tertiary/aromatic N) is 1. The number of carbonyl (C=O) groups is 3. The quantitative estimate of drug-likeness (QED) is 0.0221. The number of esters is 2. The molecule has 0 aliphatic heterocycles. The van der Waals surface area contributed by atoms with Crippen LogP contribution in [-0.2, 0) is 28.6 Å². The van der Waals surface area contributed by atoms with Crippen molar-refractivity contribution in [1.29, 1.82) is 0 Å². The van der Waals surface area contributed by atoms with Gasteiger partial charge in [-0.05, 0) is 70.6 Å². The van der Waals surface area contributed by atoms with E-state index in [0.29, 0.717) is 19.3 Å². The van der Waals surface area contributed by atoms with Gasteiger partial charge in [-0.15, -0.1) is 0 Å². The largest absolute Gasteiger partial charge is 0.477 e. The van der Waals surface area contributed by atoms with Gasteiger partial charge in [0.15, 0.2) is 12.1 Å². The molecule has 8 nitrogen and oxygen atoms in total. The first-order chi connectivity index (χ1) is 29.1. The summed E-state index contributed by atoms with van der Waals surface area (Å²) in [6.45, 7) is 4.32. The molecule has 8 heteroatoms. The fourth-order valence-corrected chi connectivity index (χ4v) is 5.34. The van der Waals surface area contributed by atoms with Crippen molar-refractivity contribution in [2.45, 2.75) is 122 Å². The lowest BCUT2D eigenvalue weighted by molar-refractivity contribution is -0.887. The highest BCUT2D eigenvalue weighted by Gasteiger charge is 2.31. The molecule has 0 aliphatic rings. The summed E-state index contributed by atoms with van der Waals surface area (Å²) in [5.74, 6) is -1.63. The fraction of sp³-hybridized carbons (Fsp3) is 0.481. The van der Waals surface area contributed by atoms with Gasteiger partial charge in [-0.25, -0.2) is 4.79 Å². The summed E-state index contributed by atoms with van der Waals surface area (Å²) >= 11 is 0. The first-order valence-corrected chi connectivity index (χ1v) is 22.0. The van der Waals surface area contributed by atoms with Crippen LogP contribution in [-0.4, -0.2) is 80.6 Å². The van der Waals surface area contributed by atoms with Crippen molar-refractivity contribution in [3.05, 3.63) is 146 Å². The summed E-state index contributed by atoms with van der Waals surface area (Å²) in [6, 6.07) is -0.643. The SMILES string of the molecule is CC/C=C/C=C/C=C/C=C/C=C/C=C/C=C/CCCCCC(=O)OC(COCCC(C(=O)O)[N+](C)(C)C)COC(=O)CCC/C=C/C/C=C/C/C=C/C/C=C/C/C=C/CC. The van der Waals surface area contributed by atoms with Crippen LogP contribution < -0.4 is 0 Å². The van der Waals surface area contributed by atoms with E-state index < -0.39 is 18.1 Å². The summed E-state index contributed by atoms with van der Waals surface area (Å²) in [5, 5.41) is 9.62. The molecule has 2 unspecified atom stereocenters. The van der Waals surface area contributed by atoms with Crippen molar-refractivity contribution in [2.24, 2.45) is 0 Å². The molecule has 0 spiro atoms. The average molecular weight is 829 g/mol. The van der Waals surface area contributed by atoms with Crippen molar-refractivity contribution in [3.8, 4) is 0 Å². The topological polar surface area (TPSA) is 99.1 Å². The highest BCUT2D eigenvalue weighted by molar-refractivity contribution is 5.72. The number of quaternary nitrogens is 1. The van der Waals surface area contributed by atoms with E-state index in [9.17, 15) is 19.5 Å². The molecule has 0 radical (unpaired) electrons. The summed E-state index contributed by atoms with van der Waals surface area (Å²) < 4.78 is 17.2. The Labute approximate surface area is 364 Å². The van der Waals surface area contributed by atoms with Crippen molar-refractivity contribution < 1.29 is 38.2 Å². The van der Waals surface area contributed by atoms with E-state index in [1.165, 1.54) is 0 Å². The predicted octanol–water partition coefficient (Wildman–Crippen LogP) is 12.2. The minimum atomic E-state index is -0.899. The molecule has 0 bridgehead atoms. The van der Waals surface area contributed by atoms with Crippen LogP contribution in [0.2, 0.25) is 0 Å². The van der Waals surface area contributed by atoms with Crippen LogP contribution in [0.3, 0.4) is 0 Å². The molecule has 0 heterocycles. The number of ether oxygens (including phenoxy) is 3. The third-order valence-electron chi connectivity index (χ3n) is 8.68. The van der Waals surface area contributed by atoms with Gasteiger partial charge in [-0.1, -0.05) is 166 Å². The van der Waals surface area contributed by atoms with Crippen LogP contribution in [0.5, 0.6) is 0 Å². The fourth-order valence-electron chi connectivity index (χ4n) is 5.34. The Balaban J connectivity index is 4.60. The van der Waals surface area contributed by atoms with E-state index in [0.717, 1.165) is 64.2 Å². The molecule has 0 rings (SSSR count). The van der Waals surface area contributed by atoms with Crippen LogP contribution in [0.15, 0.2) is 146 Å². The highest BCUT2D eigenvalue weighted by atomic mass is 16.6. The third-order valence-corrected chi connectivity index (χ3v) is 8.68. The second-order valence-corrected chi connectivity index (χ2v) is 15.0. The Bertz CT molecular complexity index is 1480. The zero-order valence-corrected chi connectivity index (χ0v) is 37.6. The number of allylic oxidation sites excluding steroid dienone is 24. The zero-order chi connectivity index (χ0) is 44.2. The summed E-state index contributed by atoms with van der Waals surface area (Å²) in [7, 11) is 5.47. The van der Waals surface area contributed by atoms with Crippen molar-refractivity contribution >= 4 is 17.9 Å². The van der Waals surface area contributed by atoms with E-state index in [1.807, 2.05) is 94.1 Å². The highest BCUT2D eigenvalue weighted by Crippen LogP contribution is 2.11. The third kappa shape index (κ3) is 38.7. The average Bonchev–Trinajstić information content (AvgIpc) is 3.21. The van der Waals surface area contributed by atoms with Crippen LogP contribution in [0.25, 0.3) is 0 Å². The molecule has 2 atom stereocenters. The van der Waals surface area contributed by atoms with Crippen molar-refractivity contribution in [3.63, 3.8) is 0 Å². The summed E-state index contributed by atoms with van der Waals surface area (Å²) in [4.78, 5) is 37.0. The van der Waals surface area contributed by atoms with Gasteiger partial charge in [0.2, 0.25) is 0 Å². The van der Waals surface area contributed by atoms with Crippen molar-refractivity contribution in [2.75, 3.05) is 41.0 Å². The second kappa shape index (κ2) is 41.0. The van der Waals surface area contributed by atoms with Gasteiger partial charge in [-0.3, -0.25) is 9.59 Å². The van der Waals surface area contributed by atoms with Gasteiger partial charge in [0, 0.05) is 19.3 Å². The molecule has 0 saturated heterocycles. The molecule has 0 aromatic rings. The van der Waals surface area contributed by atoms with E-state index in [4.69, 9.17) is 14.2 Å². The smallest absolute Gasteiger partial charge is 0.362 e. The van der Waals surface area contributed by atoms with Gasteiger partial charge in [0.25, 0.3) is 0 Å². The normalized spacial score (nSPS) is 14.3. The maximum atomic E-state index is 12.7. The van der Waals surface area contributed by atoms with Gasteiger partial charge in [-0.2, -0.15) is 0 Å². The molecular weight excluding hydrogens is 751 g/mol. The number of hydrogen-bond acceptors (Lipinski definition) is 6. The molecule has 60 heavy (non-hydrogen) atoms. The lowest BCUT2D eigenvalue weighted by atomic mass is 10.1. The number of carboxylic acids is 1. The van der Waals surface area contributed by atoms with Crippen LogP contribution in [0.4, 0.5) is 0 Å². The number of likely N-dealkylation sites (N-methyl/N-ethyl adjacent to an activating group) is 1. The molecule has 0 amide bonds. The van der Waals surface area contributed by atoms with Gasteiger partial charge in [0.05, 0.1) is 34.4 Å². The van der Waals surface area contributed by atoms with Crippen LogP contribution in [0, 0.1) is 0 Å². The summed E-state index contributed by atoms with van der Waals surface area (Å²) in [6.07, 6.45) is 60.4. The van der Waals surface area contributed by atoms with E-state index in [2.05, 4.69) is 86.8 Å². The number of aliphatic carboxylic acids is 1. The predicted molar refractivity (Wildman–Crippen MR) is 251 cm³/mol. The molecular formula is C52H78NO7+. The second-order valence-electron chi connectivity index (χ2n) is 15.0. The Morgan fingerprint density at radius 2 is 0.983 bits per heavy atom. The van der Waals surface area contributed by atoms with Crippen LogP contribution >= 0.6 is 0 Å². The minimum absolute atomic E-state index is 0.0121. The molecule has 0 aromatic heterocycles. The maximum Gasteiger partial charge on any atom is 0.362 e. The standard InChI is InChI=1S/C52H77NO7/c1-6-8-10-12-14-16-18-20-22-24-25-27-29-31-33-35-37-39-41-43-51(55)60-48(46-58-45-44-49(52(56)57)53(3,4)5)47-59-50(54)42-40-38-36-34-32-30-28-26-23-21-19-17-15-13-11-9-7-2/h8-12,14-18,20-25,27-31,33-34,36,48-49H,6-7,13,19,26,32,35,37-47H2,1-5H3/p+1/b10-8+,11-9+,14-12+,17-15+,18-16+,22-20+,23-21+,25-24+,29-27+,30-28+,33-31+,36-34+. The van der Waals surface area contributed by atoms with Crippen molar-refractivity contribution in [1.82, 2.24) is 0 Å². The van der Waals surface area contributed by atoms with E-state index >= 15 is 0 Å². The van der Waals surface area contributed by atoms with Gasteiger partial charge < -0.3 is 23.8 Å². The number of rotatable bonds is 36. The monoisotopic (exact) mass is 829 g/mol. The lowest BCUT2D eigenvalue weighted by Gasteiger charge is -2.31. The van der Waals surface area contributed by atoms with Gasteiger partial charge >= 0.3 is 17.9 Å². The number of carboxylic acid groups (broad SMARTS) is 1. The first-order valence-electron chi connectivity index (χ1n) is 22.0. The summed E-state index contributed by atoms with van der Waals surface area (Å²) in [5.41, 5.74) is 0. The zero-order valence-electron chi connectivity index (χ0n) is 37.6. The molecule has 0 saturated carbocycles. The number of hydrogen-bond donors (Lipinski definition) is 1. The Morgan fingerprint density at radius 3 is 1.50 bits per heavy atom. The maximum absolute atomic E-state index is 12.7. The lowest BCUT2D eigenvalue weighted by Crippen LogP contribution is -2.50. The molecule has 0 aromatic carbocycles. The Hall–Kier alpha value is -4.79. The van der Waals surface area contributed by atoms with Gasteiger partial charge in [0.1, 0.15) is 6.61 Å². The molecule has 0 aliphatic carbocycles. The molecule has 1 N–H and O–H groups in total. The minimum Gasteiger partial charge on any atom is -0.477 e. The van der Waals surface area contributed by atoms with Crippen LogP contribution in [0.1, 0.15) is 110 Å². The number of unbranched alkanes of at least 4 members (excludes halogenated alkanes) is 4. The molecule has 0 fully saturated rings. The van der Waals surface area contributed by atoms with E-state index in [1.54, 1.807) is 0 Å². The van der Waals surface area contributed by atoms with E-state index in [-0.39, 0.29) is 49.1 Å². The first kappa shape index (κ1) is 55.2. The number of carbonyl (C=O) groups excluding carboxylic acids is 2. The Kier molecular flexibility index (Phi) is 37.7. The Morgan fingerprint density at radius 1 is 0.517 bits per heavy atom.